The second kappa shape index (κ2) is 11.7. The lowest BCUT2D eigenvalue weighted by atomic mass is 9.83. The SMILES string of the molecule is Cc1cc(C(O)(c2ccc(C(F)(F)F)cc2)C(F)(F)F)cc(C)c1NC(=O)c1cccc(NC(=O)c2cccc(F)c2F)c1. The molecule has 2 amide bonds. The summed E-state index contributed by atoms with van der Waals surface area (Å²) >= 11 is 0. The van der Waals surface area contributed by atoms with Crippen LogP contribution < -0.4 is 10.6 Å². The van der Waals surface area contributed by atoms with Crippen LogP contribution in [0.3, 0.4) is 0 Å². The van der Waals surface area contributed by atoms with Crippen LogP contribution in [0.5, 0.6) is 0 Å². The summed E-state index contributed by atoms with van der Waals surface area (Å²) < 4.78 is 109. The second-order valence-corrected chi connectivity index (χ2v) is 9.86. The first-order valence-corrected chi connectivity index (χ1v) is 12.7. The monoisotopic (exact) mass is 622 g/mol. The van der Waals surface area contributed by atoms with Crippen molar-refractivity contribution in [3.8, 4) is 0 Å². The molecule has 4 aromatic carbocycles. The third kappa shape index (κ3) is 6.27. The predicted octanol–water partition coefficient (Wildman–Crippen LogP) is 7.90. The minimum Gasteiger partial charge on any atom is -0.372 e. The zero-order chi connectivity index (χ0) is 32.6. The third-order valence-electron chi connectivity index (χ3n) is 6.81. The van der Waals surface area contributed by atoms with E-state index in [1.54, 1.807) is 0 Å². The van der Waals surface area contributed by atoms with Crippen molar-refractivity contribution in [2.75, 3.05) is 10.6 Å². The average molecular weight is 623 g/mol. The van der Waals surface area contributed by atoms with E-state index < -0.39 is 63.7 Å². The van der Waals surface area contributed by atoms with Crippen LogP contribution in [0.1, 0.15) is 48.5 Å². The highest BCUT2D eigenvalue weighted by Gasteiger charge is 2.56. The molecule has 0 aliphatic rings. The average Bonchev–Trinajstić information content (AvgIpc) is 2.94. The van der Waals surface area contributed by atoms with Gasteiger partial charge in [0.1, 0.15) is 0 Å². The van der Waals surface area contributed by atoms with E-state index in [1.807, 2.05) is 0 Å². The van der Waals surface area contributed by atoms with Crippen molar-refractivity contribution in [2.24, 2.45) is 0 Å². The Morgan fingerprint density at radius 3 is 1.82 bits per heavy atom. The fraction of sp³-hybridized carbons (Fsp3) is 0.161. The molecule has 0 fully saturated rings. The van der Waals surface area contributed by atoms with E-state index in [-0.39, 0.29) is 28.1 Å². The molecular formula is C31H22F8N2O3. The van der Waals surface area contributed by atoms with Gasteiger partial charge in [-0.05, 0) is 78.6 Å². The maximum absolute atomic E-state index is 14.3. The Bertz CT molecular complexity index is 1710. The van der Waals surface area contributed by atoms with Gasteiger partial charge in [-0.25, -0.2) is 8.78 Å². The molecule has 3 N–H and O–H groups in total. The number of carbonyl (C=O) groups excluding carboxylic acids is 2. The summed E-state index contributed by atoms with van der Waals surface area (Å²) in [7, 11) is 0. The van der Waals surface area contributed by atoms with E-state index in [1.165, 1.54) is 38.1 Å². The Hall–Kier alpha value is -4.78. The molecule has 230 valence electrons. The summed E-state index contributed by atoms with van der Waals surface area (Å²) in [5.41, 5.74) is -6.65. The summed E-state index contributed by atoms with van der Waals surface area (Å²) in [6.45, 7) is 2.72. The molecule has 0 heterocycles. The lowest BCUT2D eigenvalue weighted by molar-refractivity contribution is -0.248. The molecule has 1 unspecified atom stereocenters. The van der Waals surface area contributed by atoms with Crippen molar-refractivity contribution < 1.29 is 49.8 Å². The lowest BCUT2D eigenvalue weighted by Crippen LogP contribution is -2.43. The molecule has 0 bridgehead atoms. The van der Waals surface area contributed by atoms with Crippen LogP contribution in [0.15, 0.2) is 78.9 Å². The maximum Gasteiger partial charge on any atom is 0.425 e. The second-order valence-electron chi connectivity index (χ2n) is 9.86. The first-order valence-electron chi connectivity index (χ1n) is 12.7. The van der Waals surface area contributed by atoms with Gasteiger partial charge in [0, 0.05) is 16.9 Å². The molecular weight excluding hydrogens is 600 g/mol. The number of halogens is 8. The molecule has 5 nitrogen and oxygen atoms in total. The smallest absolute Gasteiger partial charge is 0.372 e. The summed E-state index contributed by atoms with van der Waals surface area (Å²) in [4.78, 5) is 25.5. The highest BCUT2D eigenvalue weighted by atomic mass is 19.4. The molecule has 44 heavy (non-hydrogen) atoms. The van der Waals surface area contributed by atoms with E-state index in [4.69, 9.17) is 0 Å². The number of amides is 2. The van der Waals surface area contributed by atoms with Gasteiger partial charge in [0.05, 0.1) is 11.1 Å². The summed E-state index contributed by atoms with van der Waals surface area (Å²) in [5, 5.41) is 15.8. The largest absolute Gasteiger partial charge is 0.425 e. The van der Waals surface area contributed by atoms with Gasteiger partial charge in [0.25, 0.3) is 11.8 Å². The molecule has 4 rings (SSSR count). The fourth-order valence-corrected chi connectivity index (χ4v) is 4.57. The topological polar surface area (TPSA) is 78.4 Å². The highest BCUT2D eigenvalue weighted by molar-refractivity contribution is 6.08. The zero-order valence-corrected chi connectivity index (χ0v) is 22.8. The molecule has 0 aromatic heterocycles. The third-order valence-corrected chi connectivity index (χ3v) is 6.81. The number of anilines is 2. The Kier molecular flexibility index (Phi) is 8.56. The van der Waals surface area contributed by atoms with E-state index in [9.17, 15) is 49.8 Å². The van der Waals surface area contributed by atoms with Gasteiger partial charge in [-0.3, -0.25) is 9.59 Å². The fourth-order valence-electron chi connectivity index (χ4n) is 4.57. The van der Waals surface area contributed by atoms with Gasteiger partial charge < -0.3 is 15.7 Å². The van der Waals surface area contributed by atoms with Gasteiger partial charge in [0.15, 0.2) is 11.6 Å². The van der Waals surface area contributed by atoms with Crippen molar-refractivity contribution in [1.82, 2.24) is 0 Å². The highest BCUT2D eigenvalue weighted by Crippen LogP contribution is 2.46. The van der Waals surface area contributed by atoms with E-state index in [0.717, 1.165) is 30.3 Å². The van der Waals surface area contributed by atoms with Crippen LogP contribution >= 0.6 is 0 Å². The molecule has 13 heteroatoms. The number of hydrogen-bond donors (Lipinski definition) is 3. The molecule has 0 spiro atoms. The van der Waals surface area contributed by atoms with Crippen molar-refractivity contribution in [2.45, 2.75) is 31.8 Å². The molecule has 1 atom stereocenters. The van der Waals surface area contributed by atoms with Crippen molar-refractivity contribution >= 4 is 23.2 Å². The first-order chi connectivity index (χ1) is 20.4. The van der Waals surface area contributed by atoms with Gasteiger partial charge in [-0.15, -0.1) is 0 Å². The first kappa shape index (κ1) is 32.1. The zero-order valence-electron chi connectivity index (χ0n) is 22.8. The van der Waals surface area contributed by atoms with Crippen LogP contribution in [0.25, 0.3) is 0 Å². The summed E-state index contributed by atoms with van der Waals surface area (Å²) in [5.74, 6) is -4.31. The molecule has 4 aromatic rings. The molecule has 0 aliphatic heterocycles. The predicted molar refractivity (Wildman–Crippen MR) is 145 cm³/mol. The number of aryl methyl sites for hydroxylation is 2. The van der Waals surface area contributed by atoms with E-state index in [0.29, 0.717) is 24.3 Å². The van der Waals surface area contributed by atoms with Crippen molar-refractivity contribution in [3.05, 3.63) is 129 Å². The van der Waals surface area contributed by atoms with Crippen LogP contribution in [0.4, 0.5) is 46.5 Å². The Morgan fingerprint density at radius 2 is 1.25 bits per heavy atom. The number of rotatable bonds is 6. The van der Waals surface area contributed by atoms with Crippen LogP contribution in [0.2, 0.25) is 0 Å². The number of aliphatic hydroxyl groups is 1. The molecule has 0 radical (unpaired) electrons. The maximum atomic E-state index is 14.3. The minimum atomic E-state index is -5.34. The van der Waals surface area contributed by atoms with Crippen molar-refractivity contribution in [3.63, 3.8) is 0 Å². The molecule has 0 saturated carbocycles. The quantitative estimate of drug-likeness (QED) is 0.191. The summed E-state index contributed by atoms with van der Waals surface area (Å²) in [6.07, 6.45) is -10.1. The number of carbonyl (C=O) groups is 2. The standard InChI is InChI=1S/C31H22F8N2O3/c1-16-13-21(29(44,31(37,38)39)19-9-11-20(12-10-19)30(34,35)36)14-17(2)26(16)41-27(42)18-5-3-6-22(15-18)40-28(43)23-7-4-8-24(32)25(23)33/h3-15,44H,1-2H3,(H,40,43)(H,41,42). The molecule has 0 aliphatic carbocycles. The van der Waals surface area contributed by atoms with E-state index in [2.05, 4.69) is 10.6 Å². The van der Waals surface area contributed by atoms with Crippen molar-refractivity contribution in [1.29, 1.82) is 0 Å². The number of nitrogens with one attached hydrogen (secondary N) is 2. The normalized spacial score (nSPS) is 13.2. The number of hydrogen-bond acceptors (Lipinski definition) is 3. The molecule has 0 saturated heterocycles. The Labute approximate surface area is 245 Å². The van der Waals surface area contributed by atoms with Gasteiger partial charge >= 0.3 is 12.4 Å². The number of alkyl halides is 6. The van der Waals surface area contributed by atoms with Crippen LogP contribution in [-0.4, -0.2) is 23.1 Å². The van der Waals surface area contributed by atoms with Gasteiger partial charge in [-0.2, -0.15) is 26.3 Å². The Morgan fingerprint density at radius 1 is 0.682 bits per heavy atom. The minimum absolute atomic E-state index is 0.0121. The van der Waals surface area contributed by atoms with Gasteiger partial charge in [-0.1, -0.05) is 36.4 Å². The lowest BCUT2D eigenvalue weighted by Gasteiger charge is -2.32. The number of benzene rings is 4. The summed E-state index contributed by atoms with van der Waals surface area (Å²) in [6, 6.07) is 12.3. The Balaban J connectivity index is 1.61. The van der Waals surface area contributed by atoms with E-state index >= 15 is 0 Å². The van der Waals surface area contributed by atoms with Crippen LogP contribution in [-0.2, 0) is 11.8 Å². The van der Waals surface area contributed by atoms with Crippen LogP contribution in [0, 0.1) is 25.5 Å². The van der Waals surface area contributed by atoms with Gasteiger partial charge in [0.2, 0.25) is 5.60 Å².